The van der Waals surface area contributed by atoms with Gasteiger partial charge in [0.2, 0.25) is 0 Å². The van der Waals surface area contributed by atoms with Gasteiger partial charge in [-0.05, 0) is 61.4 Å². The fraction of sp³-hybridized carbons (Fsp3) is 0.174. The van der Waals surface area contributed by atoms with E-state index < -0.39 is 6.04 Å². The number of nitrogens with zero attached hydrogens (tertiary/aromatic N) is 3. The van der Waals surface area contributed by atoms with Crippen LogP contribution in [0.5, 0.6) is 0 Å². The first kappa shape index (κ1) is 19.2. The summed E-state index contributed by atoms with van der Waals surface area (Å²) < 4.78 is 2.84. The first-order chi connectivity index (χ1) is 13.9. The predicted octanol–water partition coefficient (Wildman–Crippen LogP) is 4.78. The fourth-order valence-corrected chi connectivity index (χ4v) is 4.02. The van der Waals surface area contributed by atoms with Gasteiger partial charge in [-0.3, -0.25) is 14.5 Å². The molecule has 2 aromatic carbocycles. The maximum atomic E-state index is 13.5. The quantitative estimate of drug-likeness (QED) is 0.580. The van der Waals surface area contributed by atoms with Crippen molar-refractivity contribution in [3.8, 4) is 17.2 Å². The Labute approximate surface area is 177 Å². The number of fused-ring (bicyclic) bond motifs is 2. The molecule has 0 saturated heterocycles. The minimum absolute atomic E-state index is 0.0699. The minimum atomic E-state index is -0.567. The molecule has 0 spiro atoms. The third-order valence-electron chi connectivity index (χ3n) is 5.30. The van der Waals surface area contributed by atoms with Crippen molar-refractivity contribution in [1.82, 2.24) is 4.57 Å². The molecule has 0 aliphatic carbocycles. The Hall–Kier alpha value is -3.17. The van der Waals surface area contributed by atoms with E-state index in [1.54, 1.807) is 24.0 Å². The molecule has 144 valence electrons. The monoisotopic (exact) mass is 447 g/mol. The summed E-state index contributed by atoms with van der Waals surface area (Å²) in [7, 11) is 0. The number of halogens is 1. The van der Waals surface area contributed by atoms with Crippen LogP contribution in [0.25, 0.3) is 11.1 Å². The van der Waals surface area contributed by atoms with Crippen LogP contribution in [-0.4, -0.2) is 22.3 Å². The van der Waals surface area contributed by atoms with Crippen LogP contribution in [0, 0.1) is 11.3 Å². The van der Waals surface area contributed by atoms with Gasteiger partial charge in [0, 0.05) is 28.5 Å². The fourth-order valence-electron chi connectivity index (χ4n) is 3.61. The molecule has 0 bridgehead atoms. The third-order valence-corrected chi connectivity index (χ3v) is 5.79. The molecule has 0 saturated carbocycles. The number of rotatable bonds is 3. The molecule has 1 amide bonds. The number of aromatic nitrogens is 1. The normalized spacial score (nSPS) is 13.9. The van der Waals surface area contributed by atoms with Crippen LogP contribution in [0.1, 0.15) is 35.5 Å². The summed E-state index contributed by atoms with van der Waals surface area (Å²) in [5, 5.41) is 9.00. The molecule has 4 rings (SSSR count). The van der Waals surface area contributed by atoms with Gasteiger partial charge in [0.1, 0.15) is 5.69 Å². The zero-order chi connectivity index (χ0) is 20.7. The lowest BCUT2D eigenvalue weighted by Crippen LogP contribution is -2.42. The zero-order valence-corrected chi connectivity index (χ0v) is 17.6. The van der Waals surface area contributed by atoms with Crippen molar-refractivity contribution < 1.29 is 9.59 Å². The Morgan fingerprint density at radius 1 is 1.14 bits per heavy atom. The molecule has 1 aliphatic rings. The summed E-state index contributed by atoms with van der Waals surface area (Å²) in [4.78, 5) is 27.2. The van der Waals surface area contributed by atoms with Crippen molar-refractivity contribution in [2.45, 2.75) is 26.4 Å². The Morgan fingerprint density at radius 3 is 2.52 bits per heavy atom. The maximum absolute atomic E-state index is 13.5. The highest BCUT2D eigenvalue weighted by Crippen LogP contribution is 2.34. The summed E-state index contributed by atoms with van der Waals surface area (Å²) in [5.41, 5.74) is 4.66. The predicted molar refractivity (Wildman–Crippen MR) is 115 cm³/mol. The van der Waals surface area contributed by atoms with Crippen LogP contribution in [-0.2, 0) is 11.3 Å². The summed E-state index contributed by atoms with van der Waals surface area (Å²) in [6.45, 7) is 3.78. The zero-order valence-electron chi connectivity index (χ0n) is 16.0. The molecule has 6 heteroatoms. The van der Waals surface area contributed by atoms with E-state index >= 15 is 0 Å². The molecular weight excluding hydrogens is 430 g/mol. The van der Waals surface area contributed by atoms with Crippen LogP contribution in [0.2, 0.25) is 0 Å². The molecule has 2 heterocycles. The Kier molecular flexibility index (Phi) is 4.85. The van der Waals surface area contributed by atoms with Crippen LogP contribution in [0.4, 0.5) is 5.69 Å². The number of amides is 1. The van der Waals surface area contributed by atoms with Gasteiger partial charge in [0.05, 0.1) is 17.7 Å². The van der Waals surface area contributed by atoms with E-state index in [0.29, 0.717) is 17.8 Å². The van der Waals surface area contributed by atoms with Crippen molar-refractivity contribution in [3.05, 3.63) is 76.0 Å². The smallest absolute Gasteiger partial charge is 0.275 e. The van der Waals surface area contributed by atoms with Crippen molar-refractivity contribution in [2.24, 2.45) is 0 Å². The molecule has 0 radical (unpaired) electrons. The standard InChI is InChI=1S/C23H18BrN3O2/c1-14(15(2)28)27-21-8-7-20(24)9-19(21)13-26-12-18(10-22(26)23(27)29)17-5-3-16(11-25)4-6-17/h3-10,12,14H,13H2,1-2H3. The van der Waals surface area contributed by atoms with Gasteiger partial charge in [0.25, 0.3) is 5.91 Å². The Morgan fingerprint density at radius 2 is 1.86 bits per heavy atom. The maximum Gasteiger partial charge on any atom is 0.275 e. The average molecular weight is 448 g/mol. The molecular formula is C23H18BrN3O2. The molecule has 3 aromatic rings. The van der Waals surface area contributed by atoms with Crippen molar-refractivity contribution in [1.29, 1.82) is 5.26 Å². The van der Waals surface area contributed by atoms with Crippen molar-refractivity contribution in [3.63, 3.8) is 0 Å². The molecule has 0 N–H and O–H groups in total. The average Bonchev–Trinajstić information content (AvgIpc) is 3.09. The van der Waals surface area contributed by atoms with Gasteiger partial charge < -0.3 is 4.57 Å². The highest BCUT2D eigenvalue weighted by Gasteiger charge is 2.32. The summed E-state index contributed by atoms with van der Waals surface area (Å²) in [6.07, 6.45) is 1.95. The van der Waals surface area contributed by atoms with Crippen LogP contribution in [0.15, 0.2) is 59.2 Å². The lowest BCUT2D eigenvalue weighted by atomic mass is 10.1. The number of carbonyl (C=O) groups excluding carboxylic acids is 2. The summed E-state index contributed by atoms with van der Waals surface area (Å²) in [5.74, 6) is -0.270. The molecule has 1 aromatic heterocycles. The second-order valence-electron chi connectivity index (χ2n) is 7.17. The molecule has 0 fully saturated rings. The van der Waals surface area contributed by atoms with Crippen molar-refractivity contribution in [2.75, 3.05) is 4.90 Å². The Balaban J connectivity index is 1.85. The third kappa shape index (κ3) is 3.39. The number of nitriles is 1. The number of hydrogen-bond donors (Lipinski definition) is 0. The van der Waals surface area contributed by atoms with E-state index in [2.05, 4.69) is 22.0 Å². The Bertz CT molecular complexity index is 1170. The van der Waals surface area contributed by atoms with Gasteiger partial charge in [-0.2, -0.15) is 5.26 Å². The minimum Gasteiger partial charge on any atom is -0.338 e. The molecule has 29 heavy (non-hydrogen) atoms. The van der Waals surface area contributed by atoms with E-state index in [9.17, 15) is 9.59 Å². The number of benzene rings is 2. The number of Topliss-reactive ketones (excluding diaryl/α,β-unsaturated/α-hetero) is 1. The van der Waals surface area contributed by atoms with Gasteiger partial charge >= 0.3 is 0 Å². The van der Waals surface area contributed by atoms with E-state index in [-0.39, 0.29) is 11.7 Å². The number of hydrogen-bond acceptors (Lipinski definition) is 3. The van der Waals surface area contributed by atoms with E-state index in [1.807, 2.05) is 47.2 Å². The highest BCUT2D eigenvalue weighted by molar-refractivity contribution is 9.10. The van der Waals surface area contributed by atoms with Crippen LogP contribution >= 0.6 is 15.9 Å². The lowest BCUT2D eigenvalue weighted by molar-refractivity contribution is -0.117. The summed E-state index contributed by atoms with van der Waals surface area (Å²) in [6, 6.07) is 16.4. The van der Waals surface area contributed by atoms with Gasteiger partial charge in [-0.25, -0.2) is 0 Å². The van der Waals surface area contributed by atoms with E-state index in [4.69, 9.17) is 5.26 Å². The number of anilines is 1. The number of ketones is 1. The topological polar surface area (TPSA) is 66.1 Å². The molecule has 1 aliphatic heterocycles. The molecule has 1 atom stereocenters. The van der Waals surface area contributed by atoms with Gasteiger partial charge in [-0.15, -0.1) is 0 Å². The summed E-state index contributed by atoms with van der Waals surface area (Å²) >= 11 is 3.51. The largest absolute Gasteiger partial charge is 0.338 e. The van der Waals surface area contributed by atoms with Gasteiger partial charge in [0.15, 0.2) is 5.78 Å². The van der Waals surface area contributed by atoms with Crippen LogP contribution in [0.3, 0.4) is 0 Å². The van der Waals surface area contributed by atoms with Crippen LogP contribution < -0.4 is 4.90 Å². The second-order valence-corrected chi connectivity index (χ2v) is 8.08. The number of carbonyl (C=O) groups is 2. The second kappa shape index (κ2) is 7.34. The van der Waals surface area contributed by atoms with Gasteiger partial charge in [-0.1, -0.05) is 28.1 Å². The first-order valence-electron chi connectivity index (χ1n) is 9.22. The first-order valence-corrected chi connectivity index (χ1v) is 10.0. The lowest BCUT2D eigenvalue weighted by Gasteiger charge is -2.27. The van der Waals surface area contributed by atoms with E-state index in [1.165, 1.54) is 6.92 Å². The molecule has 5 nitrogen and oxygen atoms in total. The van der Waals surface area contributed by atoms with Crippen molar-refractivity contribution >= 4 is 33.3 Å². The molecule has 1 unspecified atom stereocenters. The SMILES string of the molecule is CC(=O)C(C)N1C(=O)c2cc(-c3ccc(C#N)cc3)cn2Cc2cc(Br)ccc21. The van der Waals surface area contributed by atoms with E-state index in [0.717, 1.165) is 26.9 Å². The highest BCUT2D eigenvalue weighted by atomic mass is 79.9.